The molecule has 4 aromatic rings. The number of amides is 1. The van der Waals surface area contributed by atoms with Crippen molar-refractivity contribution in [2.75, 3.05) is 0 Å². The molecule has 0 saturated heterocycles. The predicted molar refractivity (Wildman–Crippen MR) is 91.7 cm³/mol. The van der Waals surface area contributed by atoms with Crippen LogP contribution >= 0.6 is 0 Å². The van der Waals surface area contributed by atoms with Crippen molar-refractivity contribution in [2.45, 2.75) is 6.54 Å². The summed E-state index contributed by atoms with van der Waals surface area (Å²) in [5, 5.41) is 3.12. The monoisotopic (exact) mass is 335 g/mol. The van der Waals surface area contributed by atoms with E-state index in [0.29, 0.717) is 22.3 Å². The Morgan fingerprint density at radius 1 is 1.16 bits per heavy atom. The lowest BCUT2D eigenvalue weighted by Gasteiger charge is -2.04. The Kier molecular flexibility index (Phi) is 3.46. The van der Waals surface area contributed by atoms with E-state index in [2.05, 4.69) is 10.3 Å². The molecule has 0 aliphatic carbocycles. The summed E-state index contributed by atoms with van der Waals surface area (Å²) < 4.78 is 7.25. The molecule has 0 aliphatic heterocycles. The zero-order chi connectivity index (χ0) is 17.4. The summed E-state index contributed by atoms with van der Waals surface area (Å²) in [4.78, 5) is 38.7. The van der Waals surface area contributed by atoms with Gasteiger partial charge in [0, 0.05) is 30.6 Å². The van der Waals surface area contributed by atoms with E-state index in [-0.39, 0.29) is 23.2 Å². The van der Waals surface area contributed by atoms with Crippen molar-refractivity contribution < 1.29 is 9.21 Å². The van der Waals surface area contributed by atoms with Crippen LogP contribution < -0.4 is 16.2 Å². The molecule has 124 valence electrons. The smallest absolute Gasteiger partial charge is 0.287 e. The molecule has 0 unspecified atom stereocenters. The van der Waals surface area contributed by atoms with Gasteiger partial charge in [0.15, 0.2) is 16.6 Å². The lowest BCUT2D eigenvalue weighted by molar-refractivity contribution is 0.0923. The van der Waals surface area contributed by atoms with Crippen LogP contribution in [0.25, 0.3) is 16.6 Å². The molecular weight excluding hydrogens is 322 g/mol. The zero-order valence-corrected chi connectivity index (χ0v) is 13.0. The van der Waals surface area contributed by atoms with Crippen molar-refractivity contribution in [3.63, 3.8) is 0 Å². The van der Waals surface area contributed by atoms with Gasteiger partial charge >= 0.3 is 0 Å². The fourth-order valence-corrected chi connectivity index (χ4v) is 2.64. The van der Waals surface area contributed by atoms with E-state index in [0.717, 1.165) is 0 Å². The van der Waals surface area contributed by atoms with Crippen LogP contribution in [-0.4, -0.2) is 15.3 Å². The number of nitrogens with zero attached hydrogens (tertiary/aromatic N) is 1. The van der Waals surface area contributed by atoms with Crippen molar-refractivity contribution in [3.05, 3.63) is 86.8 Å². The Hall–Kier alpha value is -3.61. The molecule has 3 heterocycles. The molecule has 7 nitrogen and oxygen atoms in total. The number of nitrogens with one attached hydrogen (secondary N) is 2. The van der Waals surface area contributed by atoms with Gasteiger partial charge in [-0.2, -0.15) is 0 Å². The first kappa shape index (κ1) is 14.9. The number of imidazole rings is 1. The third-order valence-corrected chi connectivity index (χ3v) is 3.84. The number of hydrogen-bond acceptors (Lipinski definition) is 4. The Morgan fingerprint density at radius 2 is 2.00 bits per heavy atom. The number of aromatic amines is 1. The standard InChI is InChI=1S/C18H13N3O4/c22-12-5-6-21-10-11(20-17(21)7-12)9-19-18(24)16-8-14(23)13-3-1-2-4-15(13)25-16/h1-8,10,20H,9H2,(H,19,24). The average Bonchev–Trinajstić information content (AvgIpc) is 3.01. The maximum Gasteiger partial charge on any atom is 0.287 e. The number of aromatic nitrogens is 2. The normalized spacial score (nSPS) is 11.0. The van der Waals surface area contributed by atoms with Crippen LogP contribution in [0.5, 0.6) is 0 Å². The highest BCUT2D eigenvalue weighted by Crippen LogP contribution is 2.11. The minimum Gasteiger partial charge on any atom is -0.451 e. The fourth-order valence-electron chi connectivity index (χ4n) is 2.64. The first-order chi connectivity index (χ1) is 12.1. The molecule has 1 amide bonds. The number of para-hydroxylation sites is 1. The van der Waals surface area contributed by atoms with Crippen molar-refractivity contribution in [1.29, 1.82) is 0 Å². The molecule has 0 spiro atoms. The molecule has 0 atom stereocenters. The Balaban J connectivity index is 1.57. The van der Waals surface area contributed by atoms with Gasteiger partial charge in [-0.3, -0.25) is 14.4 Å². The molecule has 7 heteroatoms. The van der Waals surface area contributed by atoms with Crippen molar-refractivity contribution in [2.24, 2.45) is 0 Å². The molecule has 1 aromatic carbocycles. The van der Waals surface area contributed by atoms with Crippen molar-refractivity contribution >= 4 is 22.5 Å². The summed E-state index contributed by atoms with van der Waals surface area (Å²) in [6.07, 6.45) is 3.41. The summed E-state index contributed by atoms with van der Waals surface area (Å²) in [5.41, 5.74) is 1.34. The first-order valence-corrected chi connectivity index (χ1v) is 7.61. The fraction of sp³-hybridized carbons (Fsp3) is 0.0556. The highest BCUT2D eigenvalue weighted by molar-refractivity contribution is 5.93. The van der Waals surface area contributed by atoms with Crippen LogP contribution in [0.3, 0.4) is 0 Å². The van der Waals surface area contributed by atoms with E-state index in [1.807, 2.05) is 0 Å². The highest BCUT2D eigenvalue weighted by atomic mass is 16.3. The van der Waals surface area contributed by atoms with Crippen LogP contribution in [-0.2, 0) is 6.54 Å². The quantitative estimate of drug-likeness (QED) is 0.595. The summed E-state index contributed by atoms with van der Waals surface area (Å²) >= 11 is 0. The van der Waals surface area contributed by atoms with Crippen LogP contribution in [0, 0.1) is 0 Å². The van der Waals surface area contributed by atoms with Gasteiger partial charge in [0.05, 0.1) is 17.6 Å². The second kappa shape index (κ2) is 5.79. The number of carbonyl (C=O) groups excluding carboxylic acids is 1. The number of carbonyl (C=O) groups is 1. The van der Waals surface area contributed by atoms with E-state index in [1.54, 1.807) is 41.1 Å². The Morgan fingerprint density at radius 3 is 2.88 bits per heavy atom. The SMILES string of the molecule is O=C(NCc1cn2ccc(=O)cc2[nH]1)c1cc(=O)c2ccccc2o1. The summed E-state index contributed by atoms with van der Waals surface area (Å²) in [6.45, 7) is 0.200. The van der Waals surface area contributed by atoms with Crippen LogP contribution in [0.2, 0.25) is 0 Å². The minimum atomic E-state index is -0.490. The van der Waals surface area contributed by atoms with Crippen molar-refractivity contribution in [1.82, 2.24) is 14.7 Å². The number of hydrogen-bond donors (Lipinski definition) is 2. The molecule has 0 bridgehead atoms. The number of fused-ring (bicyclic) bond motifs is 2. The maximum atomic E-state index is 12.3. The van der Waals surface area contributed by atoms with Crippen LogP contribution in [0.4, 0.5) is 0 Å². The van der Waals surface area contributed by atoms with E-state index in [1.165, 1.54) is 18.2 Å². The third kappa shape index (κ3) is 2.83. The summed E-state index contributed by atoms with van der Waals surface area (Å²) in [6, 6.07) is 10.9. The molecule has 0 aliphatic rings. The Labute approximate surface area is 140 Å². The number of rotatable bonds is 3. The molecule has 0 radical (unpaired) electrons. The second-order valence-electron chi connectivity index (χ2n) is 5.59. The first-order valence-electron chi connectivity index (χ1n) is 7.61. The lowest BCUT2D eigenvalue weighted by Crippen LogP contribution is -2.24. The van der Waals surface area contributed by atoms with Gasteiger partial charge in [0.1, 0.15) is 11.2 Å². The minimum absolute atomic E-state index is 0.0469. The molecule has 2 N–H and O–H groups in total. The van der Waals surface area contributed by atoms with E-state index < -0.39 is 5.91 Å². The highest BCUT2D eigenvalue weighted by Gasteiger charge is 2.12. The third-order valence-electron chi connectivity index (χ3n) is 3.84. The maximum absolute atomic E-state index is 12.3. The average molecular weight is 335 g/mol. The zero-order valence-electron chi connectivity index (χ0n) is 13.0. The topological polar surface area (TPSA) is 96.6 Å². The van der Waals surface area contributed by atoms with E-state index in [4.69, 9.17) is 4.42 Å². The largest absolute Gasteiger partial charge is 0.451 e. The van der Waals surface area contributed by atoms with Crippen LogP contribution in [0.15, 0.2) is 68.9 Å². The van der Waals surface area contributed by atoms with E-state index in [9.17, 15) is 14.4 Å². The van der Waals surface area contributed by atoms with Gasteiger partial charge in [-0.25, -0.2) is 0 Å². The van der Waals surface area contributed by atoms with E-state index >= 15 is 0 Å². The van der Waals surface area contributed by atoms with Gasteiger partial charge < -0.3 is 19.1 Å². The van der Waals surface area contributed by atoms with Crippen LogP contribution in [0.1, 0.15) is 16.2 Å². The molecule has 4 rings (SSSR count). The van der Waals surface area contributed by atoms with Crippen molar-refractivity contribution in [3.8, 4) is 0 Å². The molecule has 0 fully saturated rings. The van der Waals surface area contributed by atoms with Gasteiger partial charge in [-0.05, 0) is 12.1 Å². The lowest BCUT2D eigenvalue weighted by atomic mass is 10.2. The summed E-state index contributed by atoms with van der Waals surface area (Å²) in [7, 11) is 0. The van der Waals surface area contributed by atoms with Gasteiger partial charge in [0.25, 0.3) is 5.91 Å². The summed E-state index contributed by atoms with van der Waals surface area (Å²) in [5.74, 6) is -0.537. The number of pyridine rings is 1. The predicted octanol–water partition coefficient (Wildman–Crippen LogP) is 1.66. The molecular formula is C18H13N3O4. The van der Waals surface area contributed by atoms with Gasteiger partial charge in [-0.15, -0.1) is 0 Å². The number of H-pyrrole nitrogens is 1. The van der Waals surface area contributed by atoms with Gasteiger partial charge in [-0.1, -0.05) is 12.1 Å². The molecule has 3 aromatic heterocycles. The van der Waals surface area contributed by atoms with Gasteiger partial charge in [0.2, 0.25) is 0 Å². The Bertz CT molecular complexity index is 1220. The molecule has 25 heavy (non-hydrogen) atoms. The molecule has 0 saturated carbocycles. The second-order valence-corrected chi connectivity index (χ2v) is 5.59. The number of benzene rings is 1.